The molecule has 0 aliphatic rings. The number of hydrogen-bond acceptors (Lipinski definition) is 5. The van der Waals surface area contributed by atoms with Crippen molar-refractivity contribution in [3.05, 3.63) is 52.8 Å². The van der Waals surface area contributed by atoms with Crippen molar-refractivity contribution in [2.45, 2.75) is 36.3 Å². The molecule has 0 aliphatic carbocycles. The van der Waals surface area contributed by atoms with Crippen molar-refractivity contribution in [3.63, 3.8) is 0 Å². The van der Waals surface area contributed by atoms with Gasteiger partial charge in [0.1, 0.15) is 17.5 Å². The molecule has 6 nitrogen and oxygen atoms in total. The van der Waals surface area contributed by atoms with Gasteiger partial charge in [0.15, 0.2) is 0 Å². The number of aromatic nitrogens is 2. The summed E-state index contributed by atoms with van der Waals surface area (Å²) in [5.41, 5.74) is 1.05. The van der Waals surface area contributed by atoms with Crippen LogP contribution < -0.4 is 0 Å². The highest BCUT2D eigenvalue weighted by atomic mass is 32.2. The summed E-state index contributed by atoms with van der Waals surface area (Å²) in [6.45, 7) is 8.60. The van der Waals surface area contributed by atoms with E-state index in [1.54, 1.807) is 12.1 Å². The van der Waals surface area contributed by atoms with Crippen LogP contribution in [-0.2, 0) is 18.4 Å². The Bertz CT molecular complexity index is 698. The van der Waals surface area contributed by atoms with Gasteiger partial charge < -0.3 is 9.30 Å². The first-order valence-corrected chi connectivity index (χ1v) is 8.10. The molecule has 0 spiro atoms. The molecule has 0 saturated carbocycles. The number of hydrogen-bond donors (Lipinski definition) is 0. The van der Waals surface area contributed by atoms with Gasteiger partial charge in [-0.1, -0.05) is 31.7 Å². The molecule has 7 heteroatoms. The van der Waals surface area contributed by atoms with E-state index in [1.165, 1.54) is 17.8 Å². The maximum absolute atomic E-state index is 10.9. The third kappa shape index (κ3) is 4.11. The molecule has 1 heterocycles. The van der Waals surface area contributed by atoms with E-state index in [0.717, 1.165) is 21.4 Å². The second kappa shape index (κ2) is 7.61. The molecule has 123 valence electrons. The molecule has 1 aromatic heterocycles. The minimum Gasteiger partial charge on any atom is -0.374 e. The van der Waals surface area contributed by atoms with Gasteiger partial charge in [-0.15, -0.1) is 0 Å². The van der Waals surface area contributed by atoms with E-state index in [-0.39, 0.29) is 16.5 Å². The van der Waals surface area contributed by atoms with Gasteiger partial charge in [0, 0.05) is 30.7 Å². The van der Waals surface area contributed by atoms with Crippen LogP contribution in [0.15, 0.2) is 34.2 Å². The zero-order valence-corrected chi connectivity index (χ0v) is 14.3. The first kappa shape index (κ1) is 17.5. The van der Waals surface area contributed by atoms with E-state index in [4.69, 9.17) is 4.74 Å². The van der Waals surface area contributed by atoms with Crippen LogP contribution in [0.1, 0.15) is 31.3 Å². The summed E-state index contributed by atoms with van der Waals surface area (Å²) in [5, 5.41) is 11.9. The fourth-order valence-electron chi connectivity index (χ4n) is 2.11. The molecule has 0 atom stereocenters. The Morgan fingerprint density at radius 1 is 1.48 bits per heavy atom. The lowest BCUT2D eigenvalue weighted by Crippen LogP contribution is -2.02. The number of rotatable bonds is 7. The fourth-order valence-corrected chi connectivity index (χ4v) is 3.29. The number of nitro benzene ring substituents is 1. The summed E-state index contributed by atoms with van der Waals surface area (Å²) in [7, 11) is 1.93. The van der Waals surface area contributed by atoms with Gasteiger partial charge in [0.2, 0.25) is 0 Å². The van der Waals surface area contributed by atoms with E-state index in [1.807, 2.05) is 17.7 Å². The van der Waals surface area contributed by atoms with Crippen molar-refractivity contribution >= 4 is 17.4 Å². The summed E-state index contributed by atoms with van der Waals surface area (Å²) in [6.07, 6.45) is 0. The Morgan fingerprint density at radius 3 is 2.83 bits per heavy atom. The molecule has 0 fully saturated rings. The van der Waals surface area contributed by atoms with Crippen molar-refractivity contribution in [2.75, 3.05) is 6.61 Å². The summed E-state index contributed by atoms with van der Waals surface area (Å²) in [4.78, 5) is 16.0. The zero-order chi connectivity index (χ0) is 17.0. The SMILES string of the molecule is [CH2]COCc1nc(C(C)C)c(Sc2cccc([N+](=O)[O-])c2)n1C. The lowest BCUT2D eigenvalue weighted by atomic mass is 10.2. The van der Waals surface area contributed by atoms with Crippen LogP contribution in [0.5, 0.6) is 0 Å². The first-order chi connectivity index (χ1) is 10.9. The third-order valence-corrected chi connectivity index (χ3v) is 4.49. The maximum atomic E-state index is 10.9. The monoisotopic (exact) mass is 334 g/mol. The molecule has 23 heavy (non-hydrogen) atoms. The van der Waals surface area contributed by atoms with Gasteiger partial charge >= 0.3 is 0 Å². The lowest BCUT2D eigenvalue weighted by molar-refractivity contribution is -0.385. The summed E-state index contributed by atoms with van der Waals surface area (Å²) in [5.74, 6) is 1.07. The Kier molecular flexibility index (Phi) is 5.79. The van der Waals surface area contributed by atoms with Gasteiger partial charge in [-0.05, 0) is 18.9 Å². The molecule has 2 aromatic rings. The molecule has 2 rings (SSSR count). The number of ether oxygens (including phenoxy) is 1. The largest absolute Gasteiger partial charge is 0.374 e. The summed E-state index contributed by atoms with van der Waals surface area (Å²) in [6, 6.07) is 6.62. The van der Waals surface area contributed by atoms with E-state index in [0.29, 0.717) is 13.2 Å². The smallest absolute Gasteiger partial charge is 0.270 e. The second-order valence-corrected chi connectivity index (χ2v) is 6.40. The van der Waals surface area contributed by atoms with Crippen molar-refractivity contribution in [3.8, 4) is 0 Å². The van der Waals surface area contributed by atoms with Crippen molar-refractivity contribution in [1.29, 1.82) is 0 Å². The van der Waals surface area contributed by atoms with Crippen LogP contribution in [0, 0.1) is 17.0 Å². The van der Waals surface area contributed by atoms with Crippen LogP contribution in [0.4, 0.5) is 5.69 Å². The Labute approximate surface area is 140 Å². The molecule has 0 saturated heterocycles. The minimum atomic E-state index is -0.385. The minimum absolute atomic E-state index is 0.0869. The summed E-state index contributed by atoms with van der Waals surface area (Å²) < 4.78 is 7.34. The molecule has 0 unspecified atom stereocenters. The molecule has 0 N–H and O–H groups in total. The van der Waals surface area contributed by atoms with E-state index in [9.17, 15) is 10.1 Å². The average Bonchev–Trinajstić information content (AvgIpc) is 2.82. The van der Waals surface area contributed by atoms with Gasteiger partial charge in [-0.3, -0.25) is 10.1 Å². The average molecular weight is 334 g/mol. The topological polar surface area (TPSA) is 70.2 Å². The molecular weight excluding hydrogens is 314 g/mol. The standard InChI is InChI=1S/C16H20N3O3S/c1-5-22-10-14-17-15(11(2)3)16(18(14)4)23-13-8-6-7-12(9-13)19(20)21/h6-9,11H,1,5,10H2,2-4H3. The molecule has 1 radical (unpaired) electrons. The molecule has 0 aliphatic heterocycles. The number of imidazole rings is 1. The third-order valence-electron chi connectivity index (χ3n) is 3.33. The predicted octanol–water partition coefficient (Wildman–Crippen LogP) is 3.95. The molecule has 0 bridgehead atoms. The van der Waals surface area contributed by atoms with Gasteiger partial charge in [-0.25, -0.2) is 4.98 Å². The predicted molar refractivity (Wildman–Crippen MR) is 89.5 cm³/mol. The maximum Gasteiger partial charge on any atom is 0.270 e. The molecule has 0 amide bonds. The van der Waals surface area contributed by atoms with Crippen LogP contribution >= 0.6 is 11.8 Å². The van der Waals surface area contributed by atoms with E-state index in [2.05, 4.69) is 25.8 Å². The van der Waals surface area contributed by atoms with Gasteiger partial charge in [0.05, 0.1) is 10.6 Å². The Balaban J connectivity index is 2.36. The van der Waals surface area contributed by atoms with Crippen LogP contribution in [0.2, 0.25) is 0 Å². The Hall–Kier alpha value is -1.86. The molecular formula is C16H20N3O3S. The van der Waals surface area contributed by atoms with E-state index < -0.39 is 0 Å². The molecule has 1 aromatic carbocycles. The van der Waals surface area contributed by atoms with Gasteiger partial charge in [0.25, 0.3) is 5.69 Å². The quantitative estimate of drug-likeness (QED) is 0.566. The van der Waals surface area contributed by atoms with Crippen molar-refractivity contribution in [2.24, 2.45) is 7.05 Å². The van der Waals surface area contributed by atoms with Crippen LogP contribution in [0.25, 0.3) is 0 Å². The highest BCUT2D eigenvalue weighted by molar-refractivity contribution is 7.99. The van der Waals surface area contributed by atoms with Crippen LogP contribution in [-0.4, -0.2) is 21.1 Å². The number of non-ortho nitro benzene ring substituents is 1. The number of benzene rings is 1. The zero-order valence-electron chi connectivity index (χ0n) is 13.5. The normalized spacial score (nSPS) is 11.2. The summed E-state index contributed by atoms with van der Waals surface area (Å²) >= 11 is 1.48. The van der Waals surface area contributed by atoms with Gasteiger partial charge in [-0.2, -0.15) is 0 Å². The Morgan fingerprint density at radius 2 is 2.22 bits per heavy atom. The van der Waals surface area contributed by atoms with Crippen molar-refractivity contribution < 1.29 is 9.66 Å². The number of nitrogens with zero attached hydrogens (tertiary/aromatic N) is 3. The number of nitro groups is 1. The fraction of sp³-hybridized carbons (Fsp3) is 0.375. The lowest BCUT2D eigenvalue weighted by Gasteiger charge is -2.08. The van der Waals surface area contributed by atoms with Crippen LogP contribution in [0.3, 0.4) is 0 Å². The highest BCUT2D eigenvalue weighted by Crippen LogP contribution is 2.35. The second-order valence-electron chi connectivity index (χ2n) is 5.34. The first-order valence-electron chi connectivity index (χ1n) is 7.28. The van der Waals surface area contributed by atoms with Crippen molar-refractivity contribution in [1.82, 2.24) is 9.55 Å². The van der Waals surface area contributed by atoms with E-state index >= 15 is 0 Å². The highest BCUT2D eigenvalue weighted by Gasteiger charge is 2.19.